The van der Waals surface area contributed by atoms with E-state index in [9.17, 15) is 0 Å². The molecule has 7 heteroatoms. The lowest BCUT2D eigenvalue weighted by Crippen LogP contribution is -2.46. The summed E-state index contributed by atoms with van der Waals surface area (Å²) < 4.78 is 9.09. The van der Waals surface area contributed by atoms with Crippen molar-refractivity contribution in [3.8, 4) is 11.1 Å². The average molecular weight is 446 g/mol. The van der Waals surface area contributed by atoms with Crippen LogP contribution in [0.4, 0.5) is 5.82 Å². The Morgan fingerprint density at radius 2 is 1.91 bits per heavy atom. The molecule has 1 aliphatic rings. The first kappa shape index (κ1) is 21.1. The number of nitrogens with zero attached hydrogens (tertiary/aromatic N) is 4. The molecule has 32 heavy (non-hydrogen) atoms. The Kier molecular flexibility index (Phi) is 4.87. The number of fused-ring (bicyclic) bond motifs is 4. The molecule has 166 valence electrons. The quantitative estimate of drug-likeness (QED) is 0.417. The zero-order valence-corrected chi connectivity index (χ0v) is 20.5. The van der Waals surface area contributed by atoms with E-state index < -0.39 is 8.32 Å². The molecule has 0 saturated heterocycles. The van der Waals surface area contributed by atoms with Crippen LogP contribution in [0, 0.1) is 0 Å². The second-order valence-corrected chi connectivity index (χ2v) is 15.1. The predicted molar refractivity (Wildman–Crippen MR) is 133 cm³/mol. The van der Waals surface area contributed by atoms with Gasteiger partial charge in [-0.2, -0.15) is 0 Å². The van der Waals surface area contributed by atoms with Crippen molar-refractivity contribution in [3.63, 3.8) is 0 Å². The molecule has 0 aliphatic carbocycles. The van der Waals surface area contributed by atoms with Crippen LogP contribution in [0.3, 0.4) is 0 Å². The summed E-state index contributed by atoms with van der Waals surface area (Å²) >= 11 is 0. The van der Waals surface area contributed by atoms with Crippen LogP contribution in [-0.2, 0) is 17.4 Å². The molecule has 0 spiro atoms. The minimum atomic E-state index is -1.86. The van der Waals surface area contributed by atoms with E-state index in [1.54, 1.807) is 6.33 Å². The number of aromatic nitrogens is 4. The Morgan fingerprint density at radius 1 is 1.12 bits per heavy atom. The van der Waals surface area contributed by atoms with Gasteiger partial charge in [-0.3, -0.25) is 4.98 Å². The van der Waals surface area contributed by atoms with Gasteiger partial charge in [-0.25, -0.2) is 9.97 Å². The summed E-state index contributed by atoms with van der Waals surface area (Å²) in [6.45, 7) is 12.3. The van der Waals surface area contributed by atoms with Crippen LogP contribution in [0.2, 0.25) is 18.1 Å². The molecule has 4 heterocycles. The van der Waals surface area contributed by atoms with Gasteiger partial charge in [0.05, 0.1) is 17.0 Å². The van der Waals surface area contributed by atoms with Gasteiger partial charge < -0.3 is 14.7 Å². The molecule has 2 N–H and O–H groups in total. The number of benzene rings is 1. The second-order valence-electron chi connectivity index (χ2n) is 10.3. The molecule has 0 amide bonds. The molecule has 0 saturated carbocycles. The van der Waals surface area contributed by atoms with Crippen LogP contribution < -0.4 is 5.73 Å². The van der Waals surface area contributed by atoms with E-state index in [2.05, 4.69) is 60.5 Å². The summed E-state index contributed by atoms with van der Waals surface area (Å²) in [4.78, 5) is 13.7. The van der Waals surface area contributed by atoms with E-state index in [1.807, 2.05) is 24.4 Å². The number of nitrogen functional groups attached to an aromatic ring is 1. The maximum absolute atomic E-state index is 6.78. The number of nitrogens with two attached hydrogens (primary N) is 1. The smallest absolute Gasteiger partial charge is 0.192 e. The Hall–Kier alpha value is -2.77. The number of pyridine rings is 1. The fraction of sp³-hybridized carbons (Fsp3) is 0.400. The summed E-state index contributed by atoms with van der Waals surface area (Å²) in [5.74, 6) is 0.516. The third-order valence-corrected chi connectivity index (χ3v) is 11.7. The highest BCUT2D eigenvalue weighted by Crippen LogP contribution is 2.42. The van der Waals surface area contributed by atoms with E-state index in [0.717, 1.165) is 52.4 Å². The van der Waals surface area contributed by atoms with Gasteiger partial charge in [0, 0.05) is 34.9 Å². The monoisotopic (exact) mass is 445 g/mol. The fourth-order valence-electron chi connectivity index (χ4n) is 4.50. The van der Waals surface area contributed by atoms with E-state index in [4.69, 9.17) is 15.1 Å². The van der Waals surface area contributed by atoms with Gasteiger partial charge in [-0.15, -0.1) is 0 Å². The summed E-state index contributed by atoms with van der Waals surface area (Å²) in [7, 11) is -1.86. The largest absolute Gasteiger partial charge is 0.412 e. The first-order valence-electron chi connectivity index (χ1n) is 11.3. The SMILES string of the molecule is CC(C)(C)[Si](C)(C)O[C@@H]1CCc2c(-c3cnc4ccccc4c3)c3c(N)ncnc3n2C1. The average Bonchev–Trinajstić information content (AvgIpc) is 3.07. The van der Waals surface area contributed by atoms with Crippen LogP contribution in [0.15, 0.2) is 42.9 Å². The molecule has 4 aromatic rings. The Morgan fingerprint density at radius 3 is 2.69 bits per heavy atom. The van der Waals surface area contributed by atoms with Crippen LogP contribution in [0.1, 0.15) is 32.9 Å². The molecule has 5 rings (SSSR count). The van der Waals surface area contributed by atoms with Crippen LogP contribution in [-0.4, -0.2) is 33.9 Å². The fourth-order valence-corrected chi connectivity index (χ4v) is 5.88. The minimum Gasteiger partial charge on any atom is -0.412 e. The van der Waals surface area contributed by atoms with E-state index in [1.165, 1.54) is 5.69 Å². The topological polar surface area (TPSA) is 78.8 Å². The second kappa shape index (κ2) is 7.39. The standard InChI is InChI=1S/C25H31N5OSi/c1-25(2,3)32(4,5)31-18-10-11-20-21(17-12-16-8-6-7-9-19(16)27-13-17)22-23(26)28-15-29-24(22)30(20)14-18/h6-9,12-13,15,18H,10-11,14H2,1-5H3,(H2,26,28,29)/t18-/m1/s1. The highest BCUT2D eigenvalue weighted by atomic mass is 28.4. The molecule has 6 nitrogen and oxygen atoms in total. The number of rotatable bonds is 3. The Balaban J connectivity index is 1.63. The lowest BCUT2D eigenvalue weighted by molar-refractivity contribution is 0.140. The molecular formula is C25H31N5OSi. The molecule has 0 unspecified atom stereocenters. The first-order chi connectivity index (χ1) is 15.2. The van der Waals surface area contributed by atoms with Crippen molar-refractivity contribution in [1.82, 2.24) is 19.5 Å². The maximum atomic E-state index is 6.78. The summed E-state index contributed by atoms with van der Waals surface area (Å²) in [6, 6.07) is 10.4. The minimum absolute atomic E-state index is 0.178. The molecule has 1 aromatic carbocycles. The Bertz CT molecular complexity index is 1320. The highest BCUT2D eigenvalue weighted by molar-refractivity contribution is 6.74. The zero-order valence-electron chi connectivity index (χ0n) is 19.5. The number of para-hydroxylation sites is 1. The van der Waals surface area contributed by atoms with Crippen molar-refractivity contribution >= 4 is 36.1 Å². The molecular weight excluding hydrogens is 414 g/mol. The number of hydrogen-bond donors (Lipinski definition) is 1. The predicted octanol–water partition coefficient (Wildman–Crippen LogP) is 5.57. The molecule has 1 atom stereocenters. The van der Waals surface area contributed by atoms with Gasteiger partial charge in [0.15, 0.2) is 8.32 Å². The van der Waals surface area contributed by atoms with Crippen molar-refractivity contribution < 1.29 is 4.43 Å². The van der Waals surface area contributed by atoms with Gasteiger partial charge >= 0.3 is 0 Å². The van der Waals surface area contributed by atoms with Crippen molar-refractivity contribution in [3.05, 3.63) is 48.5 Å². The van der Waals surface area contributed by atoms with Gasteiger partial charge in [-0.1, -0.05) is 39.0 Å². The molecule has 0 radical (unpaired) electrons. The lowest BCUT2D eigenvalue weighted by Gasteiger charge is -2.40. The van der Waals surface area contributed by atoms with Gasteiger partial charge in [-0.05, 0) is 43.1 Å². The molecule has 3 aromatic heterocycles. The molecule has 1 aliphatic heterocycles. The van der Waals surface area contributed by atoms with Crippen LogP contribution >= 0.6 is 0 Å². The molecule has 0 bridgehead atoms. The summed E-state index contributed by atoms with van der Waals surface area (Å²) in [5.41, 5.74) is 11.7. The van der Waals surface area contributed by atoms with Crippen molar-refractivity contribution in [2.45, 2.75) is 64.4 Å². The number of hydrogen-bond acceptors (Lipinski definition) is 5. The van der Waals surface area contributed by atoms with E-state index in [0.29, 0.717) is 5.82 Å². The lowest BCUT2D eigenvalue weighted by atomic mass is 9.98. The third-order valence-electron chi connectivity index (χ3n) is 7.21. The number of anilines is 1. The van der Waals surface area contributed by atoms with E-state index >= 15 is 0 Å². The van der Waals surface area contributed by atoms with Gasteiger partial charge in [0.2, 0.25) is 0 Å². The van der Waals surface area contributed by atoms with Gasteiger partial charge in [0.25, 0.3) is 0 Å². The Labute approximate surface area is 190 Å². The van der Waals surface area contributed by atoms with Crippen molar-refractivity contribution in [1.29, 1.82) is 0 Å². The highest BCUT2D eigenvalue weighted by Gasteiger charge is 2.40. The van der Waals surface area contributed by atoms with Crippen LogP contribution in [0.25, 0.3) is 33.1 Å². The first-order valence-corrected chi connectivity index (χ1v) is 14.2. The summed E-state index contributed by atoms with van der Waals surface area (Å²) in [6.07, 6.45) is 5.59. The molecule has 0 fully saturated rings. The van der Waals surface area contributed by atoms with Crippen LogP contribution in [0.5, 0.6) is 0 Å². The van der Waals surface area contributed by atoms with Crippen molar-refractivity contribution in [2.75, 3.05) is 5.73 Å². The summed E-state index contributed by atoms with van der Waals surface area (Å²) in [5, 5.41) is 2.22. The maximum Gasteiger partial charge on any atom is 0.192 e. The van der Waals surface area contributed by atoms with E-state index in [-0.39, 0.29) is 11.1 Å². The normalized spacial score (nSPS) is 17.1. The third kappa shape index (κ3) is 3.40. The van der Waals surface area contributed by atoms with Gasteiger partial charge in [0.1, 0.15) is 17.8 Å². The van der Waals surface area contributed by atoms with Crippen molar-refractivity contribution in [2.24, 2.45) is 0 Å². The zero-order chi connectivity index (χ0) is 22.7.